The van der Waals surface area contributed by atoms with E-state index in [9.17, 15) is 9.59 Å². The first-order valence-electron chi connectivity index (χ1n) is 5.83. The van der Waals surface area contributed by atoms with Gasteiger partial charge in [-0.15, -0.1) is 0 Å². The van der Waals surface area contributed by atoms with Crippen molar-refractivity contribution in [2.24, 2.45) is 13.0 Å². The molecule has 2 rings (SSSR count). The van der Waals surface area contributed by atoms with Crippen molar-refractivity contribution in [3.05, 3.63) is 23.0 Å². The third-order valence-corrected chi connectivity index (χ3v) is 3.46. The number of aromatic nitrogens is 1. The van der Waals surface area contributed by atoms with Crippen LogP contribution < -0.4 is 0 Å². The van der Waals surface area contributed by atoms with Gasteiger partial charge in [-0.05, 0) is 18.9 Å². The second kappa shape index (κ2) is 5.02. The van der Waals surface area contributed by atoms with Crippen molar-refractivity contribution in [3.63, 3.8) is 0 Å². The zero-order chi connectivity index (χ0) is 13.3. The Morgan fingerprint density at radius 2 is 2.22 bits per heavy atom. The van der Waals surface area contributed by atoms with Crippen molar-refractivity contribution in [1.29, 1.82) is 0 Å². The highest BCUT2D eigenvalue weighted by atomic mass is 35.5. The van der Waals surface area contributed by atoms with E-state index in [2.05, 4.69) is 0 Å². The first kappa shape index (κ1) is 13.0. The van der Waals surface area contributed by atoms with E-state index < -0.39 is 11.9 Å². The number of carbonyl (C=O) groups is 2. The van der Waals surface area contributed by atoms with E-state index in [-0.39, 0.29) is 12.5 Å². The average molecular weight is 271 g/mol. The van der Waals surface area contributed by atoms with Crippen LogP contribution in [0.2, 0.25) is 5.02 Å². The van der Waals surface area contributed by atoms with Crippen LogP contribution in [-0.2, 0) is 11.8 Å². The van der Waals surface area contributed by atoms with E-state index >= 15 is 0 Å². The predicted molar refractivity (Wildman–Crippen MR) is 66.7 cm³/mol. The van der Waals surface area contributed by atoms with Gasteiger partial charge in [0.25, 0.3) is 5.91 Å². The van der Waals surface area contributed by atoms with Gasteiger partial charge < -0.3 is 14.6 Å². The lowest BCUT2D eigenvalue weighted by Gasteiger charge is -2.30. The SMILES string of the molecule is Cn1cc(Cl)cc1C(=O)N1CCCC(C(=O)O)C1. The van der Waals surface area contributed by atoms with Gasteiger partial charge in [0.15, 0.2) is 0 Å². The molecule has 1 aliphatic heterocycles. The molecule has 0 spiro atoms. The minimum atomic E-state index is -0.836. The van der Waals surface area contributed by atoms with Gasteiger partial charge in [-0.3, -0.25) is 9.59 Å². The smallest absolute Gasteiger partial charge is 0.308 e. The summed E-state index contributed by atoms with van der Waals surface area (Å²) in [6, 6.07) is 1.61. The van der Waals surface area contributed by atoms with Crippen molar-refractivity contribution < 1.29 is 14.7 Å². The summed E-state index contributed by atoms with van der Waals surface area (Å²) in [7, 11) is 1.75. The molecule has 1 unspecified atom stereocenters. The van der Waals surface area contributed by atoms with Crippen LogP contribution in [0.4, 0.5) is 0 Å². The van der Waals surface area contributed by atoms with E-state index in [1.165, 1.54) is 0 Å². The Labute approximate surface area is 110 Å². The first-order chi connectivity index (χ1) is 8.49. The third kappa shape index (κ3) is 2.51. The van der Waals surface area contributed by atoms with Gasteiger partial charge in [-0.25, -0.2) is 0 Å². The average Bonchev–Trinajstić information content (AvgIpc) is 2.67. The summed E-state index contributed by atoms with van der Waals surface area (Å²) in [5, 5.41) is 9.51. The van der Waals surface area contributed by atoms with Gasteiger partial charge >= 0.3 is 5.97 Å². The highest BCUT2D eigenvalue weighted by Gasteiger charge is 2.29. The van der Waals surface area contributed by atoms with E-state index in [0.717, 1.165) is 6.42 Å². The monoisotopic (exact) mass is 270 g/mol. The maximum Gasteiger partial charge on any atom is 0.308 e. The number of carbonyl (C=O) groups excluding carboxylic acids is 1. The summed E-state index contributed by atoms with van der Waals surface area (Å²) in [6.45, 7) is 0.877. The standard InChI is InChI=1S/C12H15ClN2O3/c1-14-7-9(13)5-10(14)11(16)15-4-2-3-8(6-15)12(17)18/h5,7-8H,2-4,6H2,1H3,(H,17,18). The van der Waals surface area contributed by atoms with Crippen LogP contribution in [-0.4, -0.2) is 39.5 Å². The number of aliphatic carboxylic acids is 1. The number of aryl methyl sites for hydroxylation is 1. The number of hydrogen-bond donors (Lipinski definition) is 1. The zero-order valence-electron chi connectivity index (χ0n) is 10.1. The summed E-state index contributed by atoms with van der Waals surface area (Å²) >= 11 is 5.84. The molecule has 0 bridgehead atoms. The molecule has 0 aromatic carbocycles. The summed E-state index contributed by atoms with van der Waals surface area (Å²) < 4.78 is 1.66. The molecule has 1 N–H and O–H groups in total. The lowest BCUT2D eigenvalue weighted by Crippen LogP contribution is -2.42. The molecular weight excluding hydrogens is 256 g/mol. The van der Waals surface area contributed by atoms with Crippen LogP contribution >= 0.6 is 11.6 Å². The van der Waals surface area contributed by atoms with Crippen LogP contribution in [0, 0.1) is 5.92 Å². The largest absolute Gasteiger partial charge is 0.481 e. The molecule has 0 radical (unpaired) electrons. The second-order valence-electron chi connectivity index (χ2n) is 4.58. The minimum absolute atomic E-state index is 0.157. The van der Waals surface area contributed by atoms with Gasteiger partial charge in [-0.1, -0.05) is 11.6 Å². The minimum Gasteiger partial charge on any atom is -0.481 e. The Bertz CT molecular complexity index is 484. The third-order valence-electron chi connectivity index (χ3n) is 3.25. The van der Waals surface area contributed by atoms with Crippen LogP contribution in [0.15, 0.2) is 12.3 Å². The maximum absolute atomic E-state index is 12.3. The molecule has 6 heteroatoms. The molecule has 98 valence electrons. The molecule has 18 heavy (non-hydrogen) atoms. The molecule has 1 amide bonds. The molecule has 0 saturated carbocycles. The molecular formula is C12H15ClN2O3. The lowest BCUT2D eigenvalue weighted by molar-refractivity contribution is -0.143. The Hall–Kier alpha value is -1.49. The molecule has 1 saturated heterocycles. The molecule has 1 aromatic heterocycles. The van der Waals surface area contributed by atoms with E-state index in [0.29, 0.717) is 23.7 Å². The highest BCUT2D eigenvalue weighted by Crippen LogP contribution is 2.20. The van der Waals surface area contributed by atoms with Crippen molar-refractivity contribution >= 4 is 23.5 Å². The number of piperidine rings is 1. The van der Waals surface area contributed by atoms with Gasteiger partial charge in [0.05, 0.1) is 10.9 Å². The fraction of sp³-hybridized carbons (Fsp3) is 0.500. The quantitative estimate of drug-likeness (QED) is 0.888. The Morgan fingerprint density at radius 3 is 2.78 bits per heavy atom. The molecule has 1 aromatic rings. The van der Waals surface area contributed by atoms with E-state index in [1.54, 1.807) is 28.8 Å². The fourth-order valence-corrected chi connectivity index (χ4v) is 2.51. The molecule has 5 nitrogen and oxygen atoms in total. The fourth-order valence-electron chi connectivity index (χ4n) is 2.26. The topological polar surface area (TPSA) is 62.5 Å². The predicted octanol–water partition coefficient (Wildman–Crippen LogP) is 1.62. The van der Waals surface area contributed by atoms with Crippen LogP contribution in [0.5, 0.6) is 0 Å². The van der Waals surface area contributed by atoms with Crippen LogP contribution in [0.1, 0.15) is 23.3 Å². The molecule has 2 heterocycles. The molecule has 0 aliphatic carbocycles. The van der Waals surface area contributed by atoms with Crippen LogP contribution in [0.3, 0.4) is 0 Å². The number of likely N-dealkylation sites (tertiary alicyclic amines) is 1. The number of carboxylic acid groups (broad SMARTS) is 1. The highest BCUT2D eigenvalue weighted by molar-refractivity contribution is 6.31. The number of nitrogens with zero attached hydrogens (tertiary/aromatic N) is 2. The summed E-state index contributed by atoms with van der Waals surface area (Å²) in [5.74, 6) is -1.45. The Kier molecular flexibility index (Phi) is 3.61. The number of rotatable bonds is 2. The summed E-state index contributed by atoms with van der Waals surface area (Å²) in [4.78, 5) is 24.8. The van der Waals surface area contributed by atoms with E-state index in [4.69, 9.17) is 16.7 Å². The number of amides is 1. The number of halogens is 1. The first-order valence-corrected chi connectivity index (χ1v) is 6.21. The van der Waals surface area contributed by atoms with Crippen molar-refractivity contribution in [1.82, 2.24) is 9.47 Å². The second-order valence-corrected chi connectivity index (χ2v) is 5.02. The van der Waals surface area contributed by atoms with Gasteiger partial charge in [-0.2, -0.15) is 0 Å². The molecule has 1 atom stereocenters. The van der Waals surface area contributed by atoms with Crippen molar-refractivity contribution in [3.8, 4) is 0 Å². The van der Waals surface area contributed by atoms with Gasteiger partial charge in [0.2, 0.25) is 0 Å². The van der Waals surface area contributed by atoms with Gasteiger partial charge in [0, 0.05) is 26.3 Å². The molecule has 1 fully saturated rings. The van der Waals surface area contributed by atoms with Crippen LogP contribution in [0.25, 0.3) is 0 Å². The zero-order valence-corrected chi connectivity index (χ0v) is 10.9. The maximum atomic E-state index is 12.3. The van der Waals surface area contributed by atoms with Crippen molar-refractivity contribution in [2.45, 2.75) is 12.8 Å². The number of hydrogen-bond acceptors (Lipinski definition) is 2. The normalized spacial score (nSPS) is 19.9. The number of carboxylic acids is 1. The van der Waals surface area contributed by atoms with E-state index in [1.807, 2.05) is 0 Å². The Balaban J connectivity index is 2.14. The Morgan fingerprint density at radius 1 is 1.50 bits per heavy atom. The summed E-state index contributed by atoms with van der Waals surface area (Å²) in [5.41, 5.74) is 0.492. The summed E-state index contributed by atoms with van der Waals surface area (Å²) in [6.07, 6.45) is 3.02. The molecule has 1 aliphatic rings. The van der Waals surface area contributed by atoms with Crippen molar-refractivity contribution in [2.75, 3.05) is 13.1 Å². The van der Waals surface area contributed by atoms with Gasteiger partial charge in [0.1, 0.15) is 5.69 Å². The lowest BCUT2D eigenvalue weighted by atomic mass is 9.98.